The fourth-order valence-corrected chi connectivity index (χ4v) is 2.28. The summed E-state index contributed by atoms with van der Waals surface area (Å²) < 4.78 is 2.98. The summed E-state index contributed by atoms with van der Waals surface area (Å²) in [6.45, 7) is 4.57. The van der Waals surface area contributed by atoms with Crippen LogP contribution in [-0.2, 0) is 12.1 Å². The zero-order chi connectivity index (χ0) is 12.5. The number of nitrogens with zero attached hydrogens (tertiary/aromatic N) is 2. The average Bonchev–Trinajstić information content (AvgIpc) is 2.78. The molecule has 17 heavy (non-hydrogen) atoms. The first-order valence-electron chi connectivity index (χ1n) is 5.56. The Morgan fingerprint density at radius 2 is 1.94 bits per heavy atom. The summed E-state index contributed by atoms with van der Waals surface area (Å²) in [5.74, 6) is 0. The van der Waals surface area contributed by atoms with Gasteiger partial charge in [-0.15, -0.1) is 0 Å². The van der Waals surface area contributed by atoms with Crippen molar-refractivity contribution in [2.45, 2.75) is 26.0 Å². The summed E-state index contributed by atoms with van der Waals surface area (Å²) in [6.07, 6.45) is 1.72. The standard InChI is InChI=1S/C13H15IN2O/c1-3-16-12(8-9-15-16)13(2,17)10-4-6-11(14)7-5-10/h4-9,17H,3H2,1-2H3. The van der Waals surface area contributed by atoms with Crippen molar-refractivity contribution in [3.63, 3.8) is 0 Å². The molecule has 1 atom stereocenters. The average molecular weight is 342 g/mol. The predicted octanol–water partition coefficient (Wildman–Crippen LogP) is 2.76. The molecule has 0 aliphatic rings. The fraction of sp³-hybridized carbons (Fsp3) is 0.308. The molecule has 4 heteroatoms. The molecule has 0 spiro atoms. The van der Waals surface area contributed by atoms with E-state index in [0.29, 0.717) is 0 Å². The van der Waals surface area contributed by atoms with E-state index in [2.05, 4.69) is 27.7 Å². The molecule has 1 aromatic carbocycles. The molecule has 0 bridgehead atoms. The Kier molecular flexibility index (Phi) is 3.53. The third kappa shape index (κ3) is 2.37. The van der Waals surface area contributed by atoms with Gasteiger partial charge in [-0.2, -0.15) is 5.10 Å². The van der Waals surface area contributed by atoms with Crippen LogP contribution in [0.3, 0.4) is 0 Å². The first-order chi connectivity index (χ1) is 8.05. The van der Waals surface area contributed by atoms with Gasteiger partial charge in [0, 0.05) is 16.3 Å². The van der Waals surface area contributed by atoms with Gasteiger partial charge >= 0.3 is 0 Å². The monoisotopic (exact) mass is 342 g/mol. The highest BCUT2D eigenvalue weighted by molar-refractivity contribution is 14.1. The molecule has 1 aromatic heterocycles. The highest BCUT2D eigenvalue weighted by Crippen LogP contribution is 2.29. The molecule has 1 N–H and O–H groups in total. The third-order valence-corrected chi connectivity index (χ3v) is 3.64. The van der Waals surface area contributed by atoms with Crippen LogP contribution in [-0.4, -0.2) is 14.9 Å². The minimum absolute atomic E-state index is 0.753. The van der Waals surface area contributed by atoms with Crippen molar-refractivity contribution in [1.29, 1.82) is 0 Å². The smallest absolute Gasteiger partial charge is 0.128 e. The number of aromatic nitrogens is 2. The van der Waals surface area contributed by atoms with E-state index in [1.807, 2.05) is 41.9 Å². The number of halogens is 1. The van der Waals surface area contributed by atoms with Crippen molar-refractivity contribution >= 4 is 22.6 Å². The van der Waals surface area contributed by atoms with E-state index >= 15 is 0 Å². The van der Waals surface area contributed by atoms with Gasteiger partial charge in [-0.25, -0.2) is 0 Å². The highest BCUT2D eigenvalue weighted by Gasteiger charge is 2.28. The van der Waals surface area contributed by atoms with Gasteiger partial charge in [-0.1, -0.05) is 12.1 Å². The summed E-state index contributed by atoms with van der Waals surface area (Å²) in [6, 6.07) is 9.76. The summed E-state index contributed by atoms with van der Waals surface area (Å²) >= 11 is 2.25. The Balaban J connectivity index is 2.45. The van der Waals surface area contributed by atoms with Crippen LogP contribution >= 0.6 is 22.6 Å². The largest absolute Gasteiger partial charge is 0.379 e. The second-order valence-corrected chi connectivity index (χ2v) is 5.36. The van der Waals surface area contributed by atoms with Crippen molar-refractivity contribution < 1.29 is 5.11 Å². The third-order valence-electron chi connectivity index (χ3n) is 2.92. The van der Waals surface area contributed by atoms with Crippen LogP contribution in [0.2, 0.25) is 0 Å². The SMILES string of the molecule is CCn1nccc1C(C)(O)c1ccc(I)cc1. The van der Waals surface area contributed by atoms with E-state index in [9.17, 15) is 5.11 Å². The molecule has 0 fully saturated rings. The molecular weight excluding hydrogens is 327 g/mol. The zero-order valence-electron chi connectivity index (χ0n) is 9.89. The van der Waals surface area contributed by atoms with Crippen LogP contribution in [0.4, 0.5) is 0 Å². The molecular formula is C13H15IN2O. The van der Waals surface area contributed by atoms with Gasteiger partial charge in [-0.05, 0) is 60.2 Å². The lowest BCUT2D eigenvalue weighted by atomic mass is 9.92. The lowest BCUT2D eigenvalue weighted by Gasteiger charge is -2.24. The lowest BCUT2D eigenvalue weighted by Crippen LogP contribution is -2.26. The van der Waals surface area contributed by atoms with Crippen LogP contribution < -0.4 is 0 Å². The van der Waals surface area contributed by atoms with Crippen molar-refractivity contribution in [1.82, 2.24) is 9.78 Å². The molecule has 0 aliphatic carbocycles. The summed E-state index contributed by atoms with van der Waals surface area (Å²) in [5, 5.41) is 14.9. The Hall–Kier alpha value is -0.880. The summed E-state index contributed by atoms with van der Waals surface area (Å²) in [7, 11) is 0. The second kappa shape index (κ2) is 4.78. The fourth-order valence-electron chi connectivity index (χ4n) is 1.92. The molecule has 90 valence electrons. The molecule has 0 aliphatic heterocycles. The van der Waals surface area contributed by atoms with Gasteiger partial charge < -0.3 is 5.11 Å². The number of aliphatic hydroxyl groups is 1. The van der Waals surface area contributed by atoms with Gasteiger partial charge in [0.15, 0.2) is 0 Å². The maximum atomic E-state index is 10.7. The molecule has 2 rings (SSSR count). The molecule has 3 nitrogen and oxygen atoms in total. The first-order valence-corrected chi connectivity index (χ1v) is 6.64. The Labute approximate surface area is 115 Å². The lowest BCUT2D eigenvalue weighted by molar-refractivity contribution is 0.0917. The molecule has 2 aromatic rings. The van der Waals surface area contributed by atoms with Crippen LogP contribution in [0.1, 0.15) is 25.1 Å². The van der Waals surface area contributed by atoms with E-state index in [-0.39, 0.29) is 0 Å². The van der Waals surface area contributed by atoms with Gasteiger partial charge in [0.05, 0.1) is 5.69 Å². The maximum Gasteiger partial charge on any atom is 0.128 e. The van der Waals surface area contributed by atoms with E-state index in [1.54, 1.807) is 13.1 Å². The molecule has 0 saturated carbocycles. The van der Waals surface area contributed by atoms with E-state index in [1.165, 1.54) is 0 Å². The second-order valence-electron chi connectivity index (χ2n) is 4.11. The Bertz CT molecular complexity index is 502. The normalized spacial score (nSPS) is 14.6. The number of rotatable bonds is 3. The molecule has 1 unspecified atom stereocenters. The van der Waals surface area contributed by atoms with E-state index in [4.69, 9.17) is 0 Å². The summed E-state index contributed by atoms with van der Waals surface area (Å²) in [5.41, 5.74) is 0.700. The van der Waals surface area contributed by atoms with Crippen LogP contribution in [0, 0.1) is 3.57 Å². The van der Waals surface area contributed by atoms with Crippen LogP contribution in [0.25, 0.3) is 0 Å². The van der Waals surface area contributed by atoms with Gasteiger partial charge in [0.2, 0.25) is 0 Å². The number of hydrogen-bond donors (Lipinski definition) is 1. The minimum atomic E-state index is -1.00. The first kappa shape index (κ1) is 12.6. The topological polar surface area (TPSA) is 38.0 Å². The number of hydrogen-bond acceptors (Lipinski definition) is 2. The van der Waals surface area contributed by atoms with E-state index in [0.717, 1.165) is 21.4 Å². The summed E-state index contributed by atoms with van der Waals surface area (Å²) in [4.78, 5) is 0. The van der Waals surface area contributed by atoms with Crippen molar-refractivity contribution in [3.8, 4) is 0 Å². The van der Waals surface area contributed by atoms with Crippen molar-refractivity contribution in [2.75, 3.05) is 0 Å². The molecule has 0 amide bonds. The van der Waals surface area contributed by atoms with Gasteiger partial charge in [0.1, 0.15) is 5.60 Å². The minimum Gasteiger partial charge on any atom is -0.379 e. The van der Waals surface area contributed by atoms with E-state index < -0.39 is 5.60 Å². The van der Waals surface area contributed by atoms with Crippen LogP contribution in [0.5, 0.6) is 0 Å². The highest BCUT2D eigenvalue weighted by atomic mass is 127. The number of benzene rings is 1. The van der Waals surface area contributed by atoms with Gasteiger partial charge in [-0.3, -0.25) is 4.68 Å². The molecule has 0 radical (unpaired) electrons. The van der Waals surface area contributed by atoms with Crippen LogP contribution in [0.15, 0.2) is 36.5 Å². The predicted molar refractivity (Wildman–Crippen MR) is 75.7 cm³/mol. The molecule has 0 saturated heterocycles. The zero-order valence-corrected chi connectivity index (χ0v) is 12.0. The van der Waals surface area contributed by atoms with Gasteiger partial charge in [0.25, 0.3) is 0 Å². The molecule has 1 heterocycles. The number of aryl methyl sites for hydroxylation is 1. The van der Waals surface area contributed by atoms with Crippen molar-refractivity contribution in [2.24, 2.45) is 0 Å². The Morgan fingerprint density at radius 1 is 1.29 bits per heavy atom. The van der Waals surface area contributed by atoms with Crippen molar-refractivity contribution in [3.05, 3.63) is 51.4 Å². The quantitative estimate of drug-likeness (QED) is 0.871. The Morgan fingerprint density at radius 3 is 2.53 bits per heavy atom. The maximum absolute atomic E-state index is 10.7.